The Bertz CT molecular complexity index is 1080. The second kappa shape index (κ2) is 9.72. The number of carbonyl (C=O) groups excluding carboxylic acids is 2. The minimum atomic E-state index is -0.960. The second-order valence-corrected chi connectivity index (χ2v) is 10.1. The Morgan fingerprint density at radius 1 is 1.03 bits per heavy atom. The van der Waals surface area contributed by atoms with Crippen molar-refractivity contribution >= 4 is 18.0 Å². The number of aliphatic carboxylic acids is 1. The van der Waals surface area contributed by atoms with Gasteiger partial charge in [0.2, 0.25) is 5.91 Å². The number of carbonyl (C=O) groups is 3. The third kappa shape index (κ3) is 4.77. The maximum Gasteiger partial charge on any atom is 0.407 e. The summed E-state index contributed by atoms with van der Waals surface area (Å²) in [4.78, 5) is 39.2. The van der Waals surface area contributed by atoms with Gasteiger partial charge in [-0.25, -0.2) is 9.59 Å². The summed E-state index contributed by atoms with van der Waals surface area (Å²) in [6.45, 7) is 2.55. The first-order valence-electron chi connectivity index (χ1n) is 12.6. The average Bonchev–Trinajstić information content (AvgIpc) is 3.65. The smallest absolute Gasteiger partial charge is 0.407 e. The van der Waals surface area contributed by atoms with E-state index in [0.29, 0.717) is 6.54 Å². The Morgan fingerprint density at radius 2 is 1.66 bits per heavy atom. The lowest BCUT2D eigenvalue weighted by molar-refractivity contribution is -0.154. The van der Waals surface area contributed by atoms with E-state index in [0.717, 1.165) is 36.8 Å². The molecule has 3 atom stereocenters. The molecule has 7 heteroatoms. The van der Waals surface area contributed by atoms with E-state index in [1.165, 1.54) is 16.0 Å². The van der Waals surface area contributed by atoms with Crippen LogP contribution in [0.5, 0.6) is 0 Å². The van der Waals surface area contributed by atoms with Crippen LogP contribution in [0.2, 0.25) is 0 Å². The summed E-state index contributed by atoms with van der Waals surface area (Å²) in [6, 6.07) is 15.2. The highest BCUT2D eigenvalue weighted by Gasteiger charge is 2.40. The van der Waals surface area contributed by atoms with E-state index in [1.807, 2.05) is 31.2 Å². The number of nitrogens with zero attached hydrogens (tertiary/aromatic N) is 1. The van der Waals surface area contributed by atoms with E-state index >= 15 is 0 Å². The average molecular weight is 477 g/mol. The topological polar surface area (TPSA) is 95.9 Å². The molecule has 1 aliphatic heterocycles. The monoisotopic (exact) mass is 476 g/mol. The van der Waals surface area contributed by atoms with Gasteiger partial charge in [0.05, 0.1) is 0 Å². The summed E-state index contributed by atoms with van der Waals surface area (Å²) in [6.07, 6.45) is 3.06. The zero-order valence-electron chi connectivity index (χ0n) is 20.0. The van der Waals surface area contributed by atoms with Crippen LogP contribution in [-0.4, -0.2) is 53.2 Å². The van der Waals surface area contributed by atoms with Crippen molar-refractivity contribution in [3.8, 4) is 11.1 Å². The first-order chi connectivity index (χ1) is 16.9. The summed E-state index contributed by atoms with van der Waals surface area (Å²) in [7, 11) is 0. The molecule has 3 unspecified atom stereocenters. The van der Waals surface area contributed by atoms with Gasteiger partial charge in [0.1, 0.15) is 12.6 Å². The van der Waals surface area contributed by atoms with Gasteiger partial charge < -0.3 is 20.1 Å². The number of benzene rings is 2. The molecule has 1 saturated heterocycles. The molecule has 2 aromatic carbocycles. The van der Waals surface area contributed by atoms with Crippen molar-refractivity contribution in [3.05, 3.63) is 59.7 Å². The molecule has 2 aromatic rings. The number of carboxylic acid groups (broad SMARTS) is 1. The van der Waals surface area contributed by atoms with E-state index in [9.17, 15) is 19.5 Å². The molecule has 2 aliphatic carbocycles. The number of nitrogens with one attached hydrogen (secondary N) is 1. The number of piperidine rings is 1. The van der Waals surface area contributed by atoms with Crippen LogP contribution < -0.4 is 5.32 Å². The van der Waals surface area contributed by atoms with Crippen molar-refractivity contribution in [1.82, 2.24) is 10.2 Å². The molecule has 0 spiro atoms. The molecule has 5 rings (SSSR count). The standard InChI is InChI=1S/C28H32N2O5/c1-17-7-6-14-30(26(17)27(32)33)25(31)15-24(18-12-13-18)29-28(34)35-16-23-21-10-4-2-8-19(21)20-9-3-5-11-22(20)23/h2-5,8-11,17-18,23-24,26H,6-7,12-16H2,1H3,(H,29,34)(H,32,33). The van der Waals surface area contributed by atoms with Crippen molar-refractivity contribution in [2.75, 3.05) is 13.2 Å². The fourth-order valence-electron chi connectivity index (χ4n) is 5.78. The van der Waals surface area contributed by atoms with Gasteiger partial charge in [-0.05, 0) is 59.8 Å². The van der Waals surface area contributed by atoms with Crippen molar-refractivity contribution < 1.29 is 24.2 Å². The molecule has 2 amide bonds. The zero-order valence-corrected chi connectivity index (χ0v) is 20.0. The van der Waals surface area contributed by atoms with Crippen molar-refractivity contribution in [1.29, 1.82) is 0 Å². The third-order valence-electron chi connectivity index (χ3n) is 7.74. The van der Waals surface area contributed by atoms with Crippen LogP contribution in [0, 0.1) is 11.8 Å². The minimum absolute atomic E-state index is 0.0275. The number of hydrogen-bond acceptors (Lipinski definition) is 4. The number of carboxylic acids is 1. The zero-order chi connectivity index (χ0) is 24.5. The van der Waals surface area contributed by atoms with E-state index in [-0.39, 0.29) is 42.7 Å². The minimum Gasteiger partial charge on any atom is -0.480 e. The molecule has 2 N–H and O–H groups in total. The normalized spacial score (nSPS) is 22.1. The van der Waals surface area contributed by atoms with Crippen molar-refractivity contribution in [2.24, 2.45) is 11.8 Å². The van der Waals surface area contributed by atoms with Gasteiger partial charge in [-0.2, -0.15) is 0 Å². The van der Waals surface area contributed by atoms with Crippen LogP contribution in [0.4, 0.5) is 4.79 Å². The Kier molecular flexibility index (Phi) is 6.50. The molecule has 0 aromatic heterocycles. The Labute approximate surface area is 205 Å². The molecule has 1 heterocycles. The third-order valence-corrected chi connectivity index (χ3v) is 7.74. The Balaban J connectivity index is 1.22. The summed E-state index contributed by atoms with van der Waals surface area (Å²) < 4.78 is 5.68. The van der Waals surface area contributed by atoms with Crippen LogP contribution in [0.15, 0.2) is 48.5 Å². The van der Waals surface area contributed by atoms with E-state index < -0.39 is 18.1 Å². The van der Waals surface area contributed by atoms with Crippen LogP contribution in [0.3, 0.4) is 0 Å². The van der Waals surface area contributed by atoms with Gasteiger partial charge in [-0.3, -0.25) is 4.79 Å². The summed E-state index contributed by atoms with van der Waals surface area (Å²) in [5, 5.41) is 12.6. The predicted molar refractivity (Wildman–Crippen MR) is 131 cm³/mol. The Hall–Kier alpha value is -3.35. The van der Waals surface area contributed by atoms with E-state index in [2.05, 4.69) is 29.6 Å². The number of amides is 2. The lowest BCUT2D eigenvalue weighted by Gasteiger charge is -2.38. The summed E-state index contributed by atoms with van der Waals surface area (Å²) in [5.41, 5.74) is 4.63. The van der Waals surface area contributed by atoms with Gasteiger partial charge in [-0.15, -0.1) is 0 Å². The van der Waals surface area contributed by atoms with Crippen LogP contribution >= 0.6 is 0 Å². The second-order valence-electron chi connectivity index (χ2n) is 10.1. The fourth-order valence-corrected chi connectivity index (χ4v) is 5.78. The maximum atomic E-state index is 13.1. The fraction of sp³-hybridized carbons (Fsp3) is 0.464. The first-order valence-corrected chi connectivity index (χ1v) is 12.6. The van der Waals surface area contributed by atoms with Crippen molar-refractivity contribution in [3.63, 3.8) is 0 Å². The van der Waals surface area contributed by atoms with Crippen LogP contribution in [0.1, 0.15) is 56.1 Å². The predicted octanol–water partition coefficient (Wildman–Crippen LogP) is 4.41. The molecule has 3 aliphatic rings. The Morgan fingerprint density at radius 3 is 2.26 bits per heavy atom. The van der Waals surface area contributed by atoms with Gasteiger partial charge in [0.25, 0.3) is 0 Å². The number of likely N-dealkylation sites (tertiary alicyclic amines) is 1. The lowest BCUT2D eigenvalue weighted by atomic mass is 9.90. The number of hydrogen-bond donors (Lipinski definition) is 2. The summed E-state index contributed by atoms with van der Waals surface area (Å²) >= 11 is 0. The maximum absolute atomic E-state index is 13.1. The van der Waals surface area contributed by atoms with Gasteiger partial charge in [-0.1, -0.05) is 55.5 Å². The number of alkyl carbamates (subject to hydrolysis) is 1. The summed E-state index contributed by atoms with van der Waals surface area (Å²) in [5.74, 6) is -1.05. The van der Waals surface area contributed by atoms with Crippen LogP contribution in [-0.2, 0) is 14.3 Å². The molecule has 0 bridgehead atoms. The van der Waals surface area contributed by atoms with E-state index in [4.69, 9.17) is 4.74 Å². The number of ether oxygens (including phenoxy) is 1. The molecule has 2 fully saturated rings. The molecule has 7 nitrogen and oxygen atoms in total. The van der Waals surface area contributed by atoms with Gasteiger partial charge >= 0.3 is 12.1 Å². The lowest BCUT2D eigenvalue weighted by Crippen LogP contribution is -2.53. The highest BCUT2D eigenvalue weighted by molar-refractivity contribution is 5.85. The highest BCUT2D eigenvalue weighted by atomic mass is 16.5. The first kappa shape index (κ1) is 23.4. The largest absolute Gasteiger partial charge is 0.480 e. The van der Waals surface area contributed by atoms with Crippen LogP contribution in [0.25, 0.3) is 11.1 Å². The van der Waals surface area contributed by atoms with Crippen molar-refractivity contribution in [2.45, 2.75) is 57.0 Å². The quantitative estimate of drug-likeness (QED) is 0.617. The van der Waals surface area contributed by atoms with E-state index in [1.54, 1.807) is 0 Å². The molecule has 35 heavy (non-hydrogen) atoms. The molecular weight excluding hydrogens is 444 g/mol. The number of rotatable bonds is 7. The highest BCUT2D eigenvalue weighted by Crippen LogP contribution is 2.44. The SMILES string of the molecule is CC1CCCN(C(=O)CC(NC(=O)OCC2c3ccccc3-c3ccccc32)C2CC2)C1C(=O)O. The number of fused-ring (bicyclic) bond motifs is 3. The van der Waals surface area contributed by atoms with Gasteiger partial charge in [0, 0.05) is 24.9 Å². The molecular formula is C28H32N2O5. The van der Waals surface area contributed by atoms with Gasteiger partial charge in [0.15, 0.2) is 0 Å². The molecule has 1 saturated carbocycles. The molecule has 184 valence electrons. The molecule has 0 radical (unpaired) electrons.